The number of hydrogen-bond acceptors (Lipinski definition) is 3. The number of aryl methyl sites for hydroxylation is 1. The van der Waals surface area contributed by atoms with Crippen LogP contribution in [0.1, 0.15) is 73.5 Å². The van der Waals surface area contributed by atoms with E-state index < -0.39 is 10.0 Å². The van der Waals surface area contributed by atoms with Crippen molar-refractivity contribution in [3.8, 4) is 0 Å². The molecule has 9 rings (SSSR count). The monoisotopic (exact) mass is 477 g/mol. The highest BCUT2D eigenvalue weighted by molar-refractivity contribution is 8.10. The zero-order valence-electron chi connectivity index (χ0n) is 19.1. The van der Waals surface area contributed by atoms with Crippen LogP contribution in [-0.4, -0.2) is 22.4 Å². The third-order valence-electron chi connectivity index (χ3n) is 10.6. The van der Waals surface area contributed by atoms with Crippen molar-refractivity contribution in [2.75, 3.05) is 0 Å². The summed E-state index contributed by atoms with van der Waals surface area (Å²) in [6, 6.07) is 16.5. The molecule has 1 aliphatic heterocycles. The van der Waals surface area contributed by atoms with Gasteiger partial charge >= 0.3 is 0 Å². The normalized spacial score (nSPS) is 44.5. The lowest BCUT2D eigenvalue weighted by molar-refractivity contribution is -0.0850. The van der Waals surface area contributed by atoms with Crippen LogP contribution in [0.5, 0.6) is 0 Å². The lowest BCUT2D eigenvalue weighted by Gasteiger charge is -2.75. The fraction of sp³-hybridized carbons (Fsp3) is 0.571. The second-order valence-electron chi connectivity index (χ2n) is 11.9. The summed E-state index contributed by atoms with van der Waals surface area (Å²) < 4.78 is 30.6. The average Bonchev–Trinajstić information content (AvgIpc) is 3.33. The Hall–Kier alpha value is -1.30. The Bertz CT molecular complexity index is 1210. The van der Waals surface area contributed by atoms with E-state index in [0.29, 0.717) is 28.6 Å². The minimum absolute atomic E-state index is 0.100. The number of rotatable bonds is 2. The molecule has 5 heteroatoms. The molecule has 2 atom stereocenters. The quantitative estimate of drug-likeness (QED) is 0.479. The first-order chi connectivity index (χ1) is 16.0. The van der Waals surface area contributed by atoms with Crippen molar-refractivity contribution >= 4 is 22.0 Å². The number of fused-ring (bicyclic) bond motifs is 3. The third kappa shape index (κ3) is 2.14. The van der Waals surface area contributed by atoms with Crippen LogP contribution in [0, 0.1) is 30.6 Å². The Kier molecular flexibility index (Phi) is 3.79. The molecular formula is C28H31NO2S2. The van der Waals surface area contributed by atoms with Gasteiger partial charge in [0.1, 0.15) is 0 Å². The van der Waals surface area contributed by atoms with Crippen LogP contribution < -0.4 is 0 Å². The lowest BCUT2D eigenvalue weighted by atomic mass is 9.46. The number of benzene rings is 2. The van der Waals surface area contributed by atoms with Gasteiger partial charge in [0.05, 0.1) is 15.2 Å². The highest BCUT2D eigenvalue weighted by atomic mass is 32.3. The zero-order valence-corrected chi connectivity index (χ0v) is 20.7. The van der Waals surface area contributed by atoms with Crippen molar-refractivity contribution in [2.45, 2.75) is 78.9 Å². The topological polar surface area (TPSA) is 37.4 Å². The van der Waals surface area contributed by atoms with E-state index in [1.165, 1.54) is 43.2 Å². The molecule has 2 unspecified atom stereocenters. The Labute approximate surface area is 201 Å². The van der Waals surface area contributed by atoms with E-state index in [1.807, 2.05) is 34.9 Å². The van der Waals surface area contributed by atoms with E-state index in [-0.39, 0.29) is 10.3 Å². The summed E-state index contributed by atoms with van der Waals surface area (Å²) in [5, 5.41) is 0. The fourth-order valence-electron chi connectivity index (χ4n) is 9.88. The zero-order chi connectivity index (χ0) is 22.2. The molecule has 2 aromatic rings. The number of hydrogen-bond donors (Lipinski definition) is 0. The summed E-state index contributed by atoms with van der Waals surface area (Å²) in [6.45, 7) is 2.02. The second kappa shape index (κ2) is 6.27. The summed E-state index contributed by atoms with van der Waals surface area (Å²) >= 11 is 1.78. The minimum Gasteiger partial charge on any atom is -0.206 e. The minimum atomic E-state index is -3.57. The summed E-state index contributed by atoms with van der Waals surface area (Å²) in [4.78, 5) is 0.467. The van der Waals surface area contributed by atoms with Crippen LogP contribution in [0.3, 0.4) is 0 Å². The van der Waals surface area contributed by atoms with E-state index in [0.717, 1.165) is 30.2 Å². The van der Waals surface area contributed by atoms with Gasteiger partial charge in [0.15, 0.2) is 0 Å². The summed E-state index contributed by atoms with van der Waals surface area (Å²) in [5.41, 5.74) is 3.73. The first-order valence-corrected chi connectivity index (χ1v) is 15.1. The Balaban J connectivity index is 1.34. The first kappa shape index (κ1) is 19.9. The van der Waals surface area contributed by atoms with Crippen molar-refractivity contribution in [3.63, 3.8) is 0 Å². The van der Waals surface area contributed by atoms with Crippen molar-refractivity contribution in [1.82, 2.24) is 3.71 Å². The van der Waals surface area contributed by atoms with Gasteiger partial charge < -0.3 is 0 Å². The average molecular weight is 478 g/mol. The SMILES string of the molecule is Cc1ccc(S(=O)(=O)N2SC3(C4CC5CC(C4)CC3C5)C23C2CCC3c3ccccc32)cc1. The van der Waals surface area contributed by atoms with Gasteiger partial charge in [0, 0.05) is 11.8 Å². The number of nitrogens with zero attached hydrogens (tertiary/aromatic N) is 1. The van der Waals surface area contributed by atoms with Gasteiger partial charge in [0.2, 0.25) is 0 Å². The summed E-state index contributed by atoms with van der Waals surface area (Å²) in [7, 11) is -3.57. The van der Waals surface area contributed by atoms with Crippen LogP contribution in [-0.2, 0) is 10.0 Å². The van der Waals surface area contributed by atoms with Gasteiger partial charge in [-0.25, -0.2) is 8.42 Å². The molecule has 0 radical (unpaired) electrons. The van der Waals surface area contributed by atoms with Crippen molar-refractivity contribution < 1.29 is 8.42 Å². The lowest BCUT2D eigenvalue weighted by Crippen LogP contribution is -2.81. The maximum atomic E-state index is 14.3. The molecule has 0 N–H and O–H groups in total. The standard InChI is InChI=1S/C28H31NO2S2/c1-17-6-8-22(9-7-17)33(30,31)29-27(25-10-11-26(27)24-5-3-2-4-23(24)25)28(32-29)20-13-18-12-19(15-20)16-21(28)14-18/h2-9,18-21,25-26H,10-16H2,1H3. The molecule has 2 aromatic carbocycles. The van der Waals surface area contributed by atoms with Crippen LogP contribution >= 0.6 is 11.9 Å². The van der Waals surface area contributed by atoms with Gasteiger partial charge in [-0.05, 0) is 98.8 Å². The first-order valence-electron chi connectivity index (χ1n) is 12.9. The molecule has 1 heterocycles. The molecule has 6 aliphatic carbocycles. The van der Waals surface area contributed by atoms with Gasteiger partial charge in [-0.2, -0.15) is 0 Å². The van der Waals surface area contributed by atoms with E-state index in [2.05, 4.69) is 24.3 Å². The largest absolute Gasteiger partial charge is 0.252 e. The van der Waals surface area contributed by atoms with E-state index in [1.54, 1.807) is 11.9 Å². The molecule has 172 valence electrons. The molecule has 6 bridgehead atoms. The Morgan fingerprint density at radius 2 is 1.36 bits per heavy atom. The second-order valence-corrected chi connectivity index (χ2v) is 15.1. The van der Waals surface area contributed by atoms with E-state index >= 15 is 0 Å². The third-order valence-corrected chi connectivity index (χ3v) is 14.8. The molecule has 2 spiro atoms. The molecular weight excluding hydrogens is 446 g/mol. The molecule has 5 saturated carbocycles. The highest BCUT2D eigenvalue weighted by Crippen LogP contribution is 2.83. The summed E-state index contributed by atoms with van der Waals surface area (Å²) in [6.07, 6.45) is 9.02. The molecule has 3 nitrogen and oxygen atoms in total. The van der Waals surface area contributed by atoms with Gasteiger partial charge in [-0.15, -0.1) is 3.71 Å². The van der Waals surface area contributed by atoms with Gasteiger partial charge in [-0.3, -0.25) is 0 Å². The molecule has 1 saturated heterocycles. The Morgan fingerprint density at radius 3 is 1.91 bits per heavy atom. The maximum absolute atomic E-state index is 14.3. The molecule has 7 aliphatic rings. The van der Waals surface area contributed by atoms with Crippen molar-refractivity contribution in [2.24, 2.45) is 23.7 Å². The maximum Gasteiger partial charge on any atom is 0.252 e. The molecule has 6 fully saturated rings. The van der Waals surface area contributed by atoms with Crippen molar-refractivity contribution in [3.05, 3.63) is 65.2 Å². The van der Waals surface area contributed by atoms with E-state index in [4.69, 9.17) is 0 Å². The van der Waals surface area contributed by atoms with Gasteiger partial charge in [-0.1, -0.05) is 53.9 Å². The van der Waals surface area contributed by atoms with E-state index in [9.17, 15) is 8.42 Å². The molecule has 0 aromatic heterocycles. The predicted molar refractivity (Wildman–Crippen MR) is 131 cm³/mol. The highest BCUT2D eigenvalue weighted by Gasteiger charge is 2.84. The fourth-order valence-corrected chi connectivity index (χ4v) is 14.3. The smallest absolute Gasteiger partial charge is 0.206 e. The van der Waals surface area contributed by atoms with Crippen LogP contribution in [0.15, 0.2) is 53.4 Å². The van der Waals surface area contributed by atoms with Crippen LogP contribution in [0.4, 0.5) is 0 Å². The van der Waals surface area contributed by atoms with Crippen LogP contribution in [0.2, 0.25) is 0 Å². The Morgan fingerprint density at radius 1 is 0.818 bits per heavy atom. The predicted octanol–water partition coefficient (Wildman–Crippen LogP) is 6.26. The van der Waals surface area contributed by atoms with Crippen molar-refractivity contribution in [1.29, 1.82) is 0 Å². The number of sulfonamides is 1. The molecule has 33 heavy (non-hydrogen) atoms. The van der Waals surface area contributed by atoms with Gasteiger partial charge in [0.25, 0.3) is 10.0 Å². The summed E-state index contributed by atoms with van der Waals surface area (Å²) in [5.74, 6) is 3.83. The molecule has 0 amide bonds. The van der Waals surface area contributed by atoms with Crippen LogP contribution in [0.25, 0.3) is 0 Å².